The Morgan fingerprint density at radius 2 is 1.87 bits per heavy atom. The maximum atomic E-state index is 11.9. The third-order valence-electron chi connectivity index (χ3n) is 6.24. The molecule has 1 saturated heterocycles. The number of carbonyl (C=O) groups is 1. The van der Waals surface area contributed by atoms with Crippen LogP contribution in [0.25, 0.3) is 5.57 Å². The predicted molar refractivity (Wildman–Crippen MR) is 120 cm³/mol. The van der Waals surface area contributed by atoms with Crippen LogP contribution >= 0.6 is 11.6 Å². The number of hydrogen-bond donors (Lipinski definition) is 0. The minimum Gasteiger partial charge on any atom is -0.496 e. The highest BCUT2D eigenvalue weighted by atomic mass is 35.5. The second-order valence-electron chi connectivity index (χ2n) is 8.10. The van der Waals surface area contributed by atoms with E-state index in [2.05, 4.69) is 23.1 Å². The molecule has 1 heterocycles. The molecule has 0 bridgehead atoms. The predicted octanol–water partition coefficient (Wildman–Crippen LogP) is 5.23. The van der Waals surface area contributed by atoms with E-state index in [1.807, 2.05) is 30.3 Å². The second-order valence-corrected chi connectivity index (χ2v) is 8.51. The van der Waals surface area contributed by atoms with Gasteiger partial charge in [-0.2, -0.15) is 0 Å². The van der Waals surface area contributed by atoms with Crippen molar-refractivity contribution in [2.45, 2.75) is 38.2 Å². The van der Waals surface area contributed by atoms with E-state index in [4.69, 9.17) is 21.1 Å². The van der Waals surface area contributed by atoms with Gasteiger partial charge in [0.1, 0.15) is 11.4 Å². The standard InChI is InChI=1S/C25H28ClNO3/c1-18(28)30-25(20-8-4-3-5-9-20)13-15-27(16-14-25)17-19-7-6-10-21-23(29-2)12-11-22(26)24(19)21/h3-5,7-9,11-12H,6,10,13-17H2,1-2H3. The van der Waals surface area contributed by atoms with Gasteiger partial charge in [0, 0.05) is 55.5 Å². The molecule has 1 fully saturated rings. The number of allylic oxidation sites excluding steroid dienone is 1. The summed E-state index contributed by atoms with van der Waals surface area (Å²) >= 11 is 6.59. The quantitative estimate of drug-likeness (QED) is 0.614. The molecule has 158 valence electrons. The summed E-state index contributed by atoms with van der Waals surface area (Å²) < 4.78 is 11.5. The lowest BCUT2D eigenvalue weighted by Gasteiger charge is -2.42. The van der Waals surface area contributed by atoms with Gasteiger partial charge in [-0.1, -0.05) is 48.0 Å². The molecule has 2 aromatic rings. The number of fused-ring (bicyclic) bond motifs is 1. The third kappa shape index (κ3) is 4.12. The van der Waals surface area contributed by atoms with E-state index in [1.54, 1.807) is 7.11 Å². The zero-order valence-electron chi connectivity index (χ0n) is 17.6. The topological polar surface area (TPSA) is 38.8 Å². The lowest BCUT2D eigenvalue weighted by atomic mass is 9.83. The van der Waals surface area contributed by atoms with Crippen molar-refractivity contribution < 1.29 is 14.3 Å². The summed E-state index contributed by atoms with van der Waals surface area (Å²) in [6.07, 6.45) is 5.81. The van der Waals surface area contributed by atoms with Crippen LogP contribution in [0.4, 0.5) is 0 Å². The first-order chi connectivity index (χ1) is 14.5. The summed E-state index contributed by atoms with van der Waals surface area (Å²) in [7, 11) is 1.71. The number of halogens is 1. The first-order valence-electron chi connectivity index (χ1n) is 10.5. The number of benzene rings is 2. The van der Waals surface area contributed by atoms with Gasteiger partial charge in [0.2, 0.25) is 0 Å². The van der Waals surface area contributed by atoms with Crippen molar-refractivity contribution in [2.75, 3.05) is 26.7 Å². The van der Waals surface area contributed by atoms with Crippen molar-refractivity contribution in [3.63, 3.8) is 0 Å². The van der Waals surface area contributed by atoms with E-state index in [1.165, 1.54) is 18.1 Å². The number of nitrogens with zero attached hydrogens (tertiary/aromatic N) is 1. The molecule has 30 heavy (non-hydrogen) atoms. The summed E-state index contributed by atoms with van der Waals surface area (Å²) in [5.74, 6) is 0.687. The van der Waals surface area contributed by atoms with Gasteiger partial charge in [-0.3, -0.25) is 9.69 Å². The van der Waals surface area contributed by atoms with E-state index in [9.17, 15) is 4.79 Å². The van der Waals surface area contributed by atoms with Gasteiger partial charge in [-0.25, -0.2) is 0 Å². The first-order valence-corrected chi connectivity index (χ1v) is 10.9. The SMILES string of the molecule is COc1ccc(Cl)c2c1CCC=C2CN1CCC(OC(C)=O)(c2ccccc2)CC1. The van der Waals surface area contributed by atoms with Crippen LogP contribution in [-0.2, 0) is 21.6 Å². The van der Waals surface area contributed by atoms with E-state index in [0.717, 1.165) is 67.2 Å². The van der Waals surface area contributed by atoms with Gasteiger partial charge in [0.25, 0.3) is 0 Å². The molecule has 0 radical (unpaired) electrons. The fourth-order valence-electron chi connectivity index (χ4n) is 4.80. The fourth-order valence-corrected chi connectivity index (χ4v) is 5.10. The summed E-state index contributed by atoms with van der Waals surface area (Å²) in [5, 5.41) is 0.785. The number of methoxy groups -OCH3 is 1. The summed E-state index contributed by atoms with van der Waals surface area (Å²) in [6, 6.07) is 14.0. The van der Waals surface area contributed by atoms with Crippen molar-refractivity contribution >= 4 is 23.1 Å². The molecule has 0 aromatic heterocycles. The number of rotatable bonds is 5. The van der Waals surface area contributed by atoms with Crippen LogP contribution in [0.1, 0.15) is 42.9 Å². The van der Waals surface area contributed by atoms with Crippen LogP contribution in [0, 0.1) is 0 Å². The zero-order valence-corrected chi connectivity index (χ0v) is 18.4. The van der Waals surface area contributed by atoms with E-state index < -0.39 is 5.60 Å². The van der Waals surface area contributed by atoms with Crippen LogP contribution in [0.3, 0.4) is 0 Å². The Balaban J connectivity index is 1.52. The summed E-state index contributed by atoms with van der Waals surface area (Å²) in [6.45, 7) is 4.05. The Bertz CT molecular complexity index is 946. The Labute approximate surface area is 183 Å². The summed E-state index contributed by atoms with van der Waals surface area (Å²) in [4.78, 5) is 14.3. The molecule has 1 aliphatic carbocycles. The average molecular weight is 426 g/mol. The van der Waals surface area contributed by atoms with Gasteiger partial charge >= 0.3 is 5.97 Å². The van der Waals surface area contributed by atoms with Crippen molar-refractivity contribution in [1.29, 1.82) is 0 Å². The van der Waals surface area contributed by atoms with E-state index in [-0.39, 0.29) is 5.97 Å². The van der Waals surface area contributed by atoms with Gasteiger partial charge in [0.05, 0.1) is 7.11 Å². The maximum Gasteiger partial charge on any atom is 0.303 e. The smallest absolute Gasteiger partial charge is 0.303 e. The van der Waals surface area contributed by atoms with Gasteiger partial charge in [0.15, 0.2) is 0 Å². The van der Waals surface area contributed by atoms with Crippen LogP contribution in [0.15, 0.2) is 48.5 Å². The highest BCUT2D eigenvalue weighted by Gasteiger charge is 2.39. The monoisotopic (exact) mass is 425 g/mol. The van der Waals surface area contributed by atoms with E-state index in [0.29, 0.717) is 0 Å². The number of esters is 1. The van der Waals surface area contributed by atoms with Gasteiger partial charge in [-0.15, -0.1) is 0 Å². The van der Waals surface area contributed by atoms with Crippen LogP contribution < -0.4 is 4.74 Å². The normalized spacial score (nSPS) is 18.3. The molecule has 1 aliphatic heterocycles. The molecule has 4 nitrogen and oxygen atoms in total. The van der Waals surface area contributed by atoms with Crippen molar-refractivity contribution in [3.05, 3.63) is 70.3 Å². The molecule has 0 atom stereocenters. The molecule has 0 amide bonds. The molecule has 0 saturated carbocycles. The maximum absolute atomic E-state index is 11.9. The fraction of sp³-hybridized carbons (Fsp3) is 0.400. The van der Waals surface area contributed by atoms with Crippen LogP contribution in [-0.4, -0.2) is 37.6 Å². The molecular weight excluding hydrogens is 398 g/mol. The lowest BCUT2D eigenvalue weighted by molar-refractivity contribution is -0.163. The zero-order chi connectivity index (χ0) is 21.1. The molecule has 0 spiro atoms. The highest BCUT2D eigenvalue weighted by molar-refractivity contribution is 6.32. The number of hydrogen-bond acceptors (Lipinski definition) is 4. The number of likely N-dealkylation sites (tertiary alicyclic amines) is 1. The Morgan fingerprint density at radius 1 is 1.13 bits per heavy atom. The van der Waals surface area contributed by atoms with E-state index >= 15 is 0 Å². The second kappa shape index (κ2) is 8.83. The lowest BCUT2D eigenvalue weighted by Crippen LogP contribution is -2.45. The average Bonchev–Trinajstić information content (AvgIpc) is 2.76. The highest BCUT2D eigenvalue weighted by Crippen LogP contribution is 2.40. The number of ether oxygens (including phenoxy) is 2. The Morgan fingerprint density at radius 3 is 2.53 bits per heavy atom. The minimum atomic E-state index is -0.538. The first kappa shape index (κ1) is 21.0. The molecule has 2 aliphatic rings. The van der Waals surface area contributed by atoms with Crippen LogP contribution in [0.5, 0.6) is 5.75 Å². The number of piperidine rings is 1. The minimum absolute atomic E-state index is 0.227. The third-order valence-corrected chi connectivity index (χ3v) is 6.56. The Hall–Kier alpha value is -2.30. The Kier molecular flexibility index (Phi) is 6.16. The number of carbonyl (C=O) groups excluding carboxylic acids is 1. The van der Waals surface area contributed by atoms with Gasteiger partial charge in [-0.05, 0) is 36.1 Å². The summed E-state index contributed by atoms with van der Waals surface area (Å²) in [5.41, 5.74) is 4.14. The van der Waals surface area contributed by atoms with Crippen molar-refractivity contribution in [3.8, 4) is 5.75 Å². The van der Waals surface area contributed by atoms with Gasteiger partial charge < -0.3 is 9.47 Å². The molecule has 0 unspecified atom stereocenters. The van der Waals surface area contributed by atoms with Crippen molar-refractivity contribution in [1.82, 2.24) is 4.90 Å². The molecule has 4 rings (SSSR count). The van der Waals surface area contributed by atoms with Crippen LogP contribution in [0.2, 0.25) is 5.02 Å². The molecule has 2 aromatic carbocycles. The molecule has 5 heteroatoms. The van der Waals surface area contributed by atoms with Crippen molar-refractivity contribution in [2.24, 2.45) is 0 Å². The molecule has 0 N–H and O–H groups in total. The molecular formula is C25H28ClNO3. The largest absolute Gasteiger partial charge is 0.496 e.